The Morgan fingerprint density at radius 3 is 2.58 bits per heavy atom. The van der Waals surface area contributed by atoms with Gasteiger partial charge in [0.05, 0.1) is 0 Å². The minimum Gasteiger partial charge on any atom is -0.302 e. The highest BCUT2D eigenvalue weighted by Gasteiger charge is 2.14. The van der Waals surface area contributed by atoms with Gasteiger partial charge in [0.25, 0.3) is 0 Å². The predicted molar refractivity (Wildman–Crippen MR) is 83.0 cm³/mol. The number of nitrogens with zero attached hydrogens (tertiary/aromatic N) is 1. The maximum absolute atomic E-state index is 5.62. The first kappa shape index (κ1) is 14.4. The second-order valence-electron chi connectivity index (χ2n) is 5.26. The first-order chi connectivity index (χ1) is 9.08. The number of hydrogen-bond acceptors (Lipinski definition) is 4. The van der Waals surface area contributed by atoms with Gasteiger partial charge in [-0.05, 0) is 67.7 Å². The highest BCUT2D eigenvalue weighted by atomic mass is 32.2. The van der Waals surface area contributed by atoms with E-state index in [1.54, 1.807) is 16.5 Å². The fourth-order valence-corrected chi connectivity index (χ4v) is 3.46. The molecule has 0 fully saturated rings. The van der Waals surface area contributed by atoms with Crippen molar-refractivity contribution in [3.63, 3.8) is 0 Å². The quantitative estimate of drug-likeness (QED) is 0.635. The first-order valence-corrected chi connectivity index (χ1v) is 7.59. The Labute approximate surface area is 120 Å². The van der Waals surface area contributed by atoms with Crippen molar-refractivity contribution in [2.75, 3.05) is 0 Å². The van der Waals surface area contributed by atoms with E-state index in [-0.39, 0.29) is 0 Å². The van der Waals surface area contributed by atoms with Gasteiger partial charge in [-0.2, -0.15) is 0 Å². The fraction of sp³-hybridized carbons (Fsp3) is 0.467. The molecule has 0 saturated heterocycles. The minimum absolute atomic E-state index is 0.621. The Bertz CT molecular complexity index is 450. The largest absolute Gasteiger partial charge is 0.302 e. The molecule has 0 aromatic heterocycles. The van der Waals surface area contributed by atoms with Crippen LogP contribution in [-0.4, -0.2) is 4.52 Å². The summed E-state index contributed by atoms with van der Waals surface area (Å²) in [7, 11) is 0. The lowest BCUT2D eigenvalue weighted by atomic mass is 9.88. The molecule has 1 aliphatic heterocycles. The summed E-state index contributed by atoms with van der Waals surface area (Å²) >= 11 is 1.58. The van der Waals surface area contributed by atoms with Crippen LogP contribution in [0.3, 0.4) is 0 Å². The number of hydrazine groups is 2. The van der Waals surface area contributed by atoms with E-state index in [0.29, 0.717) is 5.92 Å². The number of nitrogens with two attached hydrogens (primary N) is 1. The summed E-state index contributed by atoms with van der Waals surface area (Å²) in [6.45, 7) is 6.76. The van der Waals surface area contributed by atoms with Crippen molar-refractivity contribution in [1.29, 1.82) is 0 Å². The highest BCUT2D eigenvalue weighted by molar-refractivity contribution is 8.00. The second kappa shape index (κ2) is 6.46. The van der Waals surface area contributed by atoms with Crippen LogP contribution in [0.5, 0.6) is 0 Å². The molecule has 0 spiro atoms. The zero-order chi connectivity index (χ0) is 13.8. The minimum atomic E-state index is 0.621. The molecule has 1 unspecified atom stereocenters. The summed E-state index contributed by atoms with van der Waals surface area (Å²) in [5.74, 6) is 6.24. The van der Waals surface area contributed by atoms with E-state index in [0.717, 1.165) is 6.42 Å². The van der Waals surface area contributed by atoms with Gasteiger partial charge >= 0.3 is 0 Å². The Hall–Kier alpha value is -0.970. The van der Waals surface area contributed by atoms with E-state index < -0.39 is 0 Å². The maximum atomic E-state index is 5.62. The van der Waals surface area contributed by atoms with Crippen LogP contribution >= 0.6 is 11.9 Å². The van der Waals surface area contributed by atoms with Gasteiger partial charge in [-0.1, -0.05) is 29.6 Å². The van der Waals surface area contributed by atoms with Crippen molar-refractivity contribution in [1.82, 2.24) is 9.95 Å². The monoisotopic (exact) mass is 277 g/mol. The third-order valence-electron chi connectivity index (χ3n) is 3.66. The molecule has 0 bridgehead atoms. The van der Waals surface area contributed by atoms with Crippen LogP contribution in [0.25, 0.3) is 0 Å². The average Bonchev–Trinajstić information content (AvgIpc) is 2.75. The molecule has 0 saturated carbocycles. The lowest BCUT2D eigenvalue weighted by Crippen LogP contribution is -2.30. The number of benzene rings is 1. The van der Waals surface area contributed by atoms with Crippen molar-refractivity contribution < 1.29 is 0 Å². The van der Waals surface area contributed by atoms with Crippen LogP contribution in [0.15, 0.2) is 29.3 Å². The van der Waals surface area contributed by atoms with Crippen LogP contribution in [0.1, 0.15) is 48.8 Å². The molecular formula is C15H23N3S. The molecule has 1 aromatic rings. The van der Waals surface area contributed by atoms with Crippen LogP contribution in [0.4, 0.5) is 0 Å². The van der Waals surface area contributed by atoms with Crippen LogP contribution in [0.2, 0.25) is 0 Å². The highest BCUT2D eigenvalue weighted by Crippen LogP contribution is 2.31. The normalized spacial score (nSPS) is 17.2. The number of allylic oxidation sites excluding steroid dienone is 1. The van der Waals surface area contributed by atoms with Gasteiger partial charge in [0.1, 0.15) is 0 Å². The molecule has 3 nitrogen and oxygen atoms in total. The summed E-state index contributed by atoms with van der Waals surface area (Å²) < 4.78 is 1.55. The number of nitrogens with one attached hydrogen (secondary N) is 1. The van der Waals surface area contributed by atoms with Crippen molar-refractivity contribution in [2.45, 2.75) is 46.0 Å². The van der Waals surface area contributed by atoms with Crippen molar-refractivity contribution in [3.8, 4) is 0 Å². The molecule has 0 aliphatic carbocycles. The van der Waals surface area contributed by atoms with E-state index in [4.69, 9.17) is 5.84 Å². The SMILES string of the molecule is Cc1cccc(C)c1C(C)CCCC1=CNN(N)S1. The molecule has 2 rings (SSSR count). The second-order valence-corrected chi connectivity index (χ2v) is 6.36. The lowest BCUT2D eigenvalue weighted by molar-refractivity contribution is 0.440. The van der Waals surface area contributed by atoms with Crippen LogP contribution < -0.4 is 11.3 Å². The van der Waals surface area contributed by atoms with Gasteiger partial charge in [-0.3, -0.25) is 0 Å². The van der Waals surface area contributed by atoms with Gasteiger partial charge in [0.2, 0.25) is 0 Å². The number of rotatable bonds is 5. The Morgan fingerprint density at radius 1 is 1.32 bits per heavy atom. The molecule has 0 amide bonds. The summed E-state index contributed by atoms with van der Waals surface area (Å²) in [6, 6.07) is 6.57. The van der Waals surface area contributed by atoms with Gasteiger partial charge in [0, 0.05) is 11.1 Å². The third kappa shape index (κ3) is 3.75. The Balaban J connectivity index is 1.86. The molecule has 1 aromatic carbocycles. The molecule has 1 heterocycles. The van der Waals surface area contributed by atoms with Gasteiger partial charge in [-0.25, -0.2) is 5.84 Å². The van der Waals surface area contributed by atoms with E-state index in [1.165, 1.54) is 34.4 Å². The molecule has 4 heteroatoms. The summed E-state index contributed by atoms with van der Waals surface area (Å²) in [4.78, 5) is 1.32. The smallest absolute Gasteiger partial charge is 0.0260 e. The van der Waals surface area contributed by atoms with Crippen LogP contribution in [-0.2, 0) is 0 Å². The number of aryl methyl sites for hydroxylation is 2. The van der Waals surface area contributed by atoms with Gasteiger partial charge in [-0.15, -0.1) is 0 Å². The molecule has 0 radical (unpaired) electrons. The van der Waals surface area contributed by atoms with Gasteiger partial charge < -0.3 is 5.43 Å². The molecule has 3 N–H and O–H groups in total. The predicted octanol–water partition coefficient (Wildman–Crippen LogP) is 3.76. The number of hydrogen-bond donors (Lipinski definition) is 2. The van der Waals surface area contributed by atoms with Crippen molar-refractivity contribution in [3.05, 3.63) is 46.0 Å². The lowest BCUT2D eigenvalue weighted by Gasteiger charge is -2.17. The Kier molecular flexibility index (Phi) is 4.91. The van der Waals surface area contributed by atoms with Gasteiger partial charge in [0.15, 0.2) is 0 Å². The summed E-state index contributed by atoms with van der Waals surface area (Å²) in [6.07, 6.45) is 5.51. The molecule has 1 aliphatic rings. The topological polar surface area (TPSA) is 41.3 Å². The molecule has 1 atom stereocenters. The maximum Gasteiger partial charge on any atom is 0.0260 e. The van der Waals surface area contributed by atoms with E-state index in [1.807, 2.05) is 6.20 Å². The molecular weight excluding hydrogens is 254 g/mol. The van der Waals surface area contributed by atoms with E-state index in [2.05, 4.69) is 44.4 Å². The van der Waals surface area contributed by atoms with E-state index in [9.17, 15) is 0 Å². The standard InChI is InChI=1S/C15H23N3S/c1-11-6-4-7-12(2)15(11)13(3)8-5-9-14-10-17-18(16)19-14/h4,6-7,10,13,17H,5,8-9,16H2,1-3H3. The molecule has 104 valence electrons. The third-order valence-corrected chi connectivity index (χ3v) is 4.52. The molecule has 19 heavy (non-hydrogen) atoms. The van der Waals surface area contributed by atoms with E-state index >= 15 is 0 Å². The fourth-order valence-electron chi connectivity index (χ4n) is 2.76. The zero-order valence-electron chi connectivity index (χ0n) is 11.9. The first-order valence-electron chi connectivity index (χ1n) is 6.82. The summed E-state index contributed by atoms with van der Waals surface area (Å²) in [5, 5.41) is 0. The average molecular weight is 277 g/mol. The zero-order valence-corrected chi connectivity index (χ0v) is 12.8. The van der Waals surface area contributed by atoms with Crippen LogP contribution in [0, 0.1) is 13.8 Å². The Morgan fingerprint density at radius 2 is 2.00 bits per heavy atom. The van der Waals surface area contributed by atoms with Crippen molar-refractivity contribution >= 4 is 11.9 Å². The summed E-state index contributed by atoms with van der Waals surface area (Å²) in [5.41, 5.74) is 7.32. The van der Waals surface area contributed by atoms with Crippen molar-refractivity contribution in [2.24, 2.45) is 5.84 Å².